The lowest BCUT2D eigenvalue weighted by atomic mass is 9.92. The standard InChI is InChI=1S/C27H26FN3O3/c1-27(34,17-32)25(15-21-6-4-5-13-29-21)31-26(33)23-8-3-2-7-22(23)24-14-19(16-30-24)18-9-11-20(28)12-10-18/h2-14,25,32,34H,15-17H2,1H3,(H,31,33)/t25-,27-/m1/s1. The van der Waals surface area contributed by atoms with Gasteiger partial charge >= 0.3 is 0 Å². The number of benzene rings is 2. The van der Waals surface area contributed by atoms with Gasteiger partial charge in [0.2, 0.25) is 0 Å². The summed E-state index contributed by atoms with van der Waals surface area (Å²) in [6.07, 6.45) is 3.78. The molecule has 4 rings (SSSR count). The fourth-order valence-corrected chi connectivity index (χ4v) is 3.83. The molecule has 3 N–H and O–H groups in total. The number of allylic oxidation sites excluding steroid dienone is 1. The molecule has 174 valence electrons. The summed E-state index contributed by atoms with van der Waals surface area (Å²) in [4.78, 5) is 22.2. The summed E-state index contributed by atoms with van der Waals surface area (Å²) in [5.41, 5.74) is 2.64. The summed E-state index contributed by atoms with van der Waals surface area (Å²) >= 11 is 0. The predicted molar refractivity (Wildman–Crippen MR) is 129 cm³/mol. The monoisotopic (exact) mass is 459 g/mol. The molecule has 0 saturated heterocycles. The number of aliphatic hydroxyl groups is 2. The van der Waals surface area contributed by atoms with Gasteiger partial charge in [-0.25, -0.2) is 4.39 Å². The van der Waals surface area contributed by atoms with Crippen LogP contribution in [0.5, 0.6) is 0 Å². The number of rotatable bonds is 8. The summed E-state index contributed by atoms with van der Waals surface area (Å²) in [6.45, 7) is 1.38. The smallest absolute Gasteiger partial charge is 0.252 e. The Morgan fingerprint density at radius 2 is 1.85 bits per heavy atom. The van der Waals surface area contributed by atoms with Crippen molar-refractivity contribution in [3.8, 4) is 0 Å². The van der Waals surface area contributed by atoms with E-state index >= 15 is 0 Å². The van der Waals surface area contributed by atoms with Crippen molar-refractivity contribution in [2.75, 3.05) is 13.2 Å². The first-order valence-electron chi connectivity index (χ1n) is 11.0. The molecular formula is C27H26FN3O3. The topological polar surface area (TPSA) is 94.8 Å². The molecule has 0 saturated carbocycles. The van der Waals surface area contributed by atoms with E-state index in [1.807, 2.05) is 24.3 Å². The molecule has 0 spiro atoms. The molecule has 34 heavy (non-hydrogen) atoms. The van der Waals surface area contributed by atoms with Gasteiger partial charge < -0.3 is 15.5 Å². The maximum absolute atomic E-state index is 13.3. The fourth-order valence-electron chi connectivity index (χ4n) is 3.83. The van der Waals surface area contributed by atoms with Gasteiger partial charge in [0.05, 0.1) is 24.9 Å². The van der Waals surface area contributed by atoms with Gasteiger partial charge in [-0.3, -0.25) is 14.8 Å². The van der Waals surface area contributed by atoms with Crippen LogP contribution in [0.2, 0.25) is 0 Å². The molecule has 7 heteroatoms. The second-order valence-electron chi connectivity index (χ2n) is 8.49. The molecule has 0 bridgehead atoms. The number of carbonyl (C=O) groups is 1. The average Bonchev–Trinajstić information content (AvgIpc) is 3.35. The van der Waals surface area contributed by atoms with Crippen LogP contribution in [0.4, 0.5) is 4.39 Å². The molecule has 2 atom stereocenters. The third-order valence-electron chi connectivity index (χ3n) is 5.91. The van der Waals surface area contributed by atoms with Crippen molar-refractivity contribution < 1.29 is 19.4 Å². The van der Waals surface area contributed by atoms with E-state index in [2.05, 4.69) is 15.3 Å². The van der Waals surface area contributed by atoms with Crippen molar-refractivity contribution >= 4 is 17.2 Å². The number of aromatic nitrogens is 1. The number of pyridine rings is 1. The molecule has 0 unspecified atom stereocenters. The number of aliphatic imine (C=N–C) groups is 1. The Morgan fingerprint density at radius 1 is 1.12 bits per heavy atom. The first-order valence-corrected chi connectivity index (χ1v) is 11.0. The lowest BCUT2D eigenvalue weighted by Crippen LogP contribution is -2.54. The molecule has 1 aliphatic heterocycles. The highest BCUT2D eigenvalue weighted by atomic mass is 19.1. The zero-order valence-corrected chi connectivity index (χ0v) is 18.8. The highest BCUT2D eigenvalue weighted by Crippen LogP contribution is 2.24. The van der Waals surface area contributed by atoms with E-state index in [-0.39, 0.29) is 12.2 Å². The lowest BCUT2D eigenvalue weighted by Gasteiger charge is -2.32. The molecule has 2 heterocycles. The molecule has 1 aliphatic rings. The molecule has 2 aromatic carbocycles. The lowest BCUT2D eigenvalue weighted by molar-refractivity contribution is -0.0277. The fraction of sp³-hybridized carbons (Fsp3) is 0.222. The van der Waals surface area contributed by atoms with E-state index in [9.17, 15) is 19.4 Å². The molecule has 0 radical (unpaired) electrons. The third kappa shape index (κ3) is 5.27. The van der Waals surface area contributed by atoms with Crippen molar-refractivity contribution in [1.29, 1.82) is 0 Å². The largest absolute Gasteiger partial charge is 0.393 e. The number of hydrogen-bond donors (Lipinski definition) is 3. The summed E-state index contributed by atoms with van der Waals surface area (Å²) in [5, 5.41) is 23.4. The zero-order valence-electron chi connectivity index (χ0n) is 18.8. The van der Waals surface area contributed by atoms with Crippen molar-refractivity contribution in [2.24, 2.45) is 4.99 Å². The maximum atomic E-state index is 13.3. The SMILES string of the molecule is C[C@@](O)(CO)[C@@H](Cc1ccccn1)NC(=O)c1ccccc1C1=NCC(c2ccc(F)cc2)=C1. The predicted octanol–water partition coefficient (Wildman–Crippen LogP) is 3.19. The summed E-state index contributed by atoms with van der Waals surface area (Å²) < 4.78 is 13.3. The van der Waals surface area contributed by atoms with Crippen LogP contribution in [0.3, 0.4) is 0 Å². The van der Waals surface area contributed by atoms with E-state index in [4.69, 9.17) is 0 Å². The van der Waals surface area contributed by atoms with Crippen LogP contribution in [0.1, 0.15) is 34.1 Å². The second-order valence-corrected chi connectivity index (χ2v) is 8.49. The summed E-state index contributed by atoms with van der Waals surface area (Å²) in [5.74, 6) is -0.693. The Labute approximate surface area is 197 Å². The van der Waals surface area contributed by atoms with Gasteiger partial charge in [0, 0.05) is 29.4 Å². The van der Waals surface area contributed by atoms with Crippen molar-refractivity contribution in [1.82, 2.24) is 10.3 Å². The van der Waals surface area contributed by atoms with Crippen LogP contribution >= 0.6 is 0 Å². The molecule has 0 fully saturated rings. The summed E-state index contributed by atoms with van der Waals surface area (Å²) in [6, 6.07) is 18.0. The second kappa shape index (κ2) is 10.1. The average molecular weight is 460 g/mol. The van der Waals surface area contributed by atoms with Gasteiger partial charge in [0.15, 0.2) is 0 Å². The Hall–Kier alpha value is -3.68. The Bertz CT molecular complexity index is 1220. The van der Waals surface area contributed by atoms with Gasteiger partial charge in [0.1, 0.15) is 11.4 Å². The zero-order chi connectivity index (χ0) is 24.1. The van der Waals surface area contributed by atoms with E-state index in [1.165, 1.54) is 19.1 Å². The number of nitrogens with zero attached hydrogens (tertiary/aromatic N) is 2. The minimum absolute atomic E-state index is 0.248. The molecule has 1 amide bonds. The quantitative estimate of drug-likeness (QED) is 0.482. The number of aliphatic hydroxyl groups excluding tert-OH is 1. The Balaban J connectivity index is 1.59. The van der Waals surface area contributed by atoms with Crippen LogP contribution in [0.25, 0.3) is 5.57 Å². The molecule has 0 aliphatic carbocycles. The van der Waals surface area contributed by atoms with E-state index in [1.54, 1.807) is 42.6 Å². The van der Waals surface area contributed by atoms with Crippen LogP contribution in [-0.4, -0.2) is 51.6 Å². The molecular weight excluding hydrogens is 433 g/mol. The molecule has 1 aromatic heterocycles. The first-order chi connectivity index (χ1) is 16.4. The van der Waals surface area contributed by atoms with Crippen molar-refractivity contribution in [3.63, 3.8) is 0 Å². The van der Waals surface area contributed by atoms with E-state index in [0.717, 1.165) is 11.1 Å². The molecule has 3 aromatic rings. The maximum Gasteiger partial charge on any atom is 0.252 e. The van der Waals surface area contributed by atoms with Crippen LogP contribution in [0.15, 0.2) is 84.0 Å². The van der Waals surface area contributed by atoms with Crippen LogP contribution in [0, 0.1) is 5.82 Å². The minimum Gasteiger partial charge on any atom is -0.393 e. The van der Waals surface area contributed by atoms with E-state index < -0.39 is 24.2 Å². The number of halogens is 1. The van der Waals surface area contributed by atoms with Gasteiger partial charge in [0.25, 0.3) is 5.91 Å². The Morgan fingerprint density at radius 3 is 2.56 bits per heavy atom. The first kappa shape index (κ1) is 23.5. The number of nitrogens with one attached hydrogen (secondary N) is 1. The normalized spacial score (nSPS) is 15.8. The van der Waals surface area contributed by atoms with Crippen molar-refractivity contribution in [2.45, 2.75) is 25.0 Å². The summed E-state index contributed by atoms with van der Waals surface area (Å²) in [7, 11) is 0. The Kier molecular flexibility index (Phi) is 6.95. The highest BCUT2D eigenvalue weighted by Gasteiger charge is 2.34. The minimum atomic E-state index is -1.55. The van der Waals surface area contributed by atoms with Gasteiger partial charge in [-0.15, -0.1) is 0 Å². The van der Waals surface area contributed by atoms with Gasteiger partial charge in [-0.05, 0) is 54.5 Å². The van der Waals surface area contributed by atoms with E-state index in [0.29, 0.717) is 29.1 Å². The van der Waals surface area contributed by atoms with Crippen LogP contribution < -0.4 is 5.32 Å². The number of hydrogen-bond acceptors (Lipinski definition) is 5. The van der Waals surface area contributed by atoms with Gasteiger partial charge in [-0.1, -0.05) is 36.4 Å². The van der Waals surface area contributed by atoms with Crippen molar-refractivity contribution in [3.05, 3.63) is 107 Å². The number of carbonyl (C=O) groups excluding carboxylic acids is 1. The molecule has 6 nitrogen and oxygen atoms in total. The third-order valence-corrected chi connectivity index (χ3v) is 5.91. The number of amides is 1. The van der Waals surface area contributed by atoms with Gasteiger partial charge in [-0.2, -0.15) is 0 Å². The van der Waals surface area contributed by atoms with Crippen LogP contribution in [-0.2, 0) is 6.42 Å². The highest BCUT2D eigenvalue weighted by molar-refractivity contribution is 6.19.